The number of Topliss-reactive ketones (excluding diaryl/α,β-unsaturated/α-hetero) is 1. The highest BCUT2D eigenvalue weighted by atomic mass is 16.5. The Morgan fingerprint density at radius 2 is 2.10 bits per heavy atom. The van der Waals surface area contributed by atoms with Gasteiger partial charge in [-0.15, -0.1) is 0 Å². The Kier molecular flexibility index (Phi) is 2.98. The van der Waals surface area contributed by atoms with E-state index in [1.807, 2.05) is 10.8 Å². The van der Waals surface area contributed by atoms with Gasteiger partial charge in [0.2, 0.25) is 0 Å². The summed E-state index contributed by atoms with van der Waals surface area (Å²) in [6.45, 7) is 1.02. The highest BCUT2D eigenvalue weighted by molar-refractivity contribution is 6.52. The van der Waals surface area contributed by atoms with Crippen molar-refractivity contribution in [1.29, 1.82) is 0 Å². The van der Waals surface area contributed by atoms with Crippen LogP contribution in [0.3, 0.4) is 0 Å². The van der Waals surface area contributed by atoms with Crippen molar-refractivity contribution in [1.82, 2.24) is 9.55 Å². The first-order valence-electron chi connectivity index (χ1n) is 6.20. The zero-order valence-corrected chi connectivity index (χ0v) is 10.9. The number of aromatic nitrogens is 2. The monoisotopic (exact) mass is 271 g/mol. The van der Waals surface area contributed by atoms with Gasteiger partial charge in [-0.05, 0) is 18.2 Å². The molecule has 2 heterocycles. The van der Waals surface area contributed by atoms with Crippen LogP contribution < -0.4 is 9.64 Å². The van der Waals surface area contributed by atoms with E-state index >= 15 is 0 Å². The molecule has 0 unspecified atom stereocenters. The van der Waals surface area contributed by atoms with Crippen LogP contribution in [0.5, 0.6) is 5.75 Å². The number of amides is 1. The van der Waals surface area contributed by atoms with Crippen LogP contribution in [0.2, 0.25) is 0 Å². The molecular formula is C14H13N3O3. The SMILES string of the molecule is COc1ccc2c(c1)C(=O)C(=O)N2CCn1ccnc1. The molecule has 0 radical (unpaired) electrons. The van der Waals surface area contributed by atoms with Crippen LogP contribution in [0.25, 0.3) is 0 Å². The number of anilines is 1. The molecule has 1 aliphatic heterocycles. The maximum absolute atomic E-state index is 12.0. The Morgan fingerprint density at radius 3 is 2.80 bits per heavy atom. The molecule has 6 heteroatoms. The van der Waals surface area contributed by atoms with Crippen molar-refractivity contribution in [2.45, 2.75) is 6.54 Å². The molecule has 102 valence electrons. The smallest absolute Gasteiger partial charge is 0.299 e. The van der Waals surface area contributed by atoms with Crippen LogP contribution in [0.4, 0.5) is 5.69 Å². The average molecular weight is 271 g/mol. The van der Waals surface area contributed by atoms with E-state index in [0.29, 0.717) is 30.1 Å². The molecule has 1 aromatic heterocycles. The Morgan fingerprint density at radius 1 is 1.25 bits per heavy atom. The molecule has 20 heavy (non-hydrogen) atoms. The number of fused-ring (bicyclic) bond motifs is 1. The number of nitrogens with zero attached hydrogens (tertiary/aromatic N) is 3. The van der Waals surface area contributed by atoms with E-state index in [0.717, 1.165) is 0 Å². The number of hydrogen-bond acceptors (Lipinski definition) is 4. The van der Waals surface area contributed by atoms with Gasteiger partial charge >= 0.3 is 0 Å². The lowest BCUT2D eigenvalue weighted by molar-refractivity contribution is -0.114. The van der Waals surface area contributed by atoms with E-state index in [-0.39, 0.29) is 0 Å². The molecule has 2 aromatic rings. The largest absolute Gasteiger partial charge is 0.497 e. The molecule has 0 N–H and O–H groups in total. The van der Waals surface area contributed by atoms with E-state index in [1.54, 1.807) is 30.7 Å². The van der Waals surface area contributed by atoms with Gasteiger partial charge in [0.1, 0.15) is 5.75 Å². The summed E-state index contributed by atoms with van der Waals surface area (Å²) in [5.74, 6) is -0.403. The van der Waals surface area contributed by atoms with Gasteiger partial charge in [0.05, 0.1) is 24.7 Å². The van der Waals surface area contributed by atoms with E-state index in [9.17, 15) is 9.59 Å². The molecule has 1 aliphatic rings. The molecule has 0 saturated carbocycles. The Balaban J connectivity index is 1.86. The molecule has 1 aromatic carbocycles. The lowest BCUT2D eigenvalue weighted by Gasteiger charge is -2.16. The average Bonchev–Trinajstić information content (AvgIpc) is 3.06. The summed E-state index contributed by atoms with van der Waals surface area (Å²) in [6, 6.07) is 5.09. The van der Waals surface area contributed by atoms with Crippen molar-refractivity contribution in [2.75, 3.05) is 18.6 Å². The summed E-state index contributed by atoms with van der Waals surface area (Å²) in [6.07, 6.45) is 5.17. The summed E-state index contributed by atoms with van der Waals surface area (Å²) >= 11 is 0. The number of carbonyl (C=O) groups excluding carboxylic acids is 2. The molecular weight excluding hydrogens is 258 g/mol. The van der Waals surface area contributed by atoms with E-state index in [2.05, 4.69) is 4.98 Å². The number of ketones is 1. The number of imidazole rings is 1. The second kappa shape index (κ2) is 4.80. The minimum absolute atomic E-state index is 0.403. The van der Waals surface area contributed by atoms with Crippen LogP contribution in [0, 0.1) is 0 Å². The van der Waals surface area contributed by atoms with Crippen molar-refractivity contribution in [3.05, 3.63) is 42.5 Å². The van der Waals surface area contributed by atoms with Crippen molar-refractivity contribution < 1.29 is 14.3 Å². The maximum atomic E-state index is 12.0. The second-order valence-electron chi connectivity index (χ2n) is 4.47. The van der Waals surface area contributed by atoms with E-state index < -0.39 is 11.7 Å². The molecule has 0 fully saturated rings. The lowest BCUT2D eigenvalue weighted by atomic mass is 10.1. The van der Waals surface area contributed by atoms with Crippen LogP contribution in [0.15, 0.2) is 36.9 Å². The summed E-state index contributed by atoms with van der Waals surface area (Å²) in [4.78, 5) is 29.4. The van der Waals surface area contributed by atoms with Gasteiger partial charge in [-0.2, -0.15) is 0 Å². The Labute approximate surface area is 115 Å². The molecule has 0 bridgehead atoms. The first-order chi connectivity index (χ1) is 9.70. The van der Waals surface area contributed by atoms with Gasteiger partial charge in [0.25, 0.3) is 11.7 Å². The third-order valence-electron chi connectivity index (χ3n) is 3.32. The third-order valence-corrected chi connectivity index (χ3v) is 3.32. The van der Waals surface area contributed by atoms with E-state index in [1.165, 1.54) is 12.0 Å². The molecule has 1 amide bonds. The minimum atomic E-state index is -0.492. The van der Waals surface area contributed by atoms with Crippen molar-refractivity contribution in [3.63, 3.8) is 0 Å². The van der Waals surface area contributed by atoms with Gasteiger partial charge in [-0.1, -0.05) is 0 Å². The molecule has 0 aliphatic carbocycles. The minimum Gasteiger partial charge on any atom is -0.497 e. The van der Waals surface area contributed by atoms with Crippen LogP contribution in [0.1, 0.15) is 10.4 Å². The van der Waals surface area contributed by atoms with Crippen molar-refractivity contribution in [3.8, 4) is 5.75 Å². The molecule has 0 spiro atoms. The third kappa shape index (κ3) is 1.95. The van der Waals surface area contributed by atoms with Crippen molar-refractivity contribution >= 4 is 17.4 Å². The number of methoxy groups -OCH3 is 1. The molecule has 3 rings (SSSR count). The van der Waals surface area contributed by atoms with Gasteiger partial charge in [0, 0.05) is 25.5 Å². The number of carbonyl (C=O) groups is 2. The topological polar surface area (TPSA) is 64.4 Å². The zero-order valence-electron chi connectivity index (χ0n) is 10.9. The summed E-state index contributed by atoms with van der Waals surface area (Å²) < 4.78 is 6.94. The van der Waals surface area contributed by atoms with Crippen LogP contribution in [-0.4, -0.2) is 34.9 Å². The zero-order chi connectivity index (χ0) is 14.1. The Bertz CT molecular complexity index is 664. The number of ether oxygens (including phenoxy) is 1. The first-order valence-corrected chi connectivity index (χ1v) is 6.20. The standard InChI is InChI=1S/C14H13N3O3/c1-20-10-2-3-12-11(8-10)13(18)14(19)17(12)7-6-16-5-4-15-9-16/h2-5,8-9H,6-7H2,1H3. The fraction of sp³-hybridized carbons (Fsp3) is 0.214. The van der Waals surface area contributed by atoms with Gasteiger partial charge in [0.15, 0.2) is 0 Å². The predicted molar refractivity (Wildman–Crippen MR) is 71.9 cm³/mol. The normalized spacial score (nSPS) is 13.8. The number of hydrogen-bond donors (Lipinski definition) is 0. The highest BCUT2D eigenvalue weighted by Gasteiger charge is 2.35. The molecule has 0 atom stereocenters. The van der Waals surface area contributed by atoms with Crippen LogP contribution >= 0.6 is 0 Å². The number of rotatable bonds is 4. The summed E-state index contributed by atoms with van der Waals surface area (Å²) in [7, 11) is 1.53. The fourth-order valence-corrected chi connectivity index (χ4v) is 2.26. The summed E-state index contributed by atoms with van der Waals surface area (Å²) in [5, 5.41) is 0. The number of benzene rings is 1. The first kappa shape index (κ1) is 12.4. The second-order valence-corrected chi connectivity index (χ2v) is 4.47. The van der Waals surface area contributed by atoms with Crippen LogP contribution in [-0.2, 0) is 11.3 Å². The van der Waals surface area contributed by atoms with Gasteiger partial charge < -0.3 is 14.2 Å². The molecule has 0 saturated heterocycles. The summed E-state index contributed by atoms with van der Waals surface area (Å²) in [5.41, 5.74) is 1.04. The highest BCUT2D eigenvalue weighted by Crippen LogP contribution is 2.31. The lowest BCUT2D eigenvalue weighted by Crippen LogP contribution is -2.32. The van der Waals surface area contributed by atoms with Crippen molar-refractivity contribution in [2.24, 2.45) is 0 Å². The predicted octanol–water partition coefficient (Wildman–Crippen LogP) is 1.12. The maximum Gasteiger partial charge on any atom is 0.299 e. The fourth-order valence-electron chi connectivity index (χ4n) is 2.26. The molecule has 6 nitrogen and oxygen atoms in total. The van der Waals surface area contributed by atoms with Gasteiger partial charge in [-0.3, -0.25) is 9.59 Å². The van der Waals surface area contributed by atoms with E-state index in [4.69, 9.17) is 4.74 Å². The van der Waals surface area contributed by atoms with Gasteiger partial charge in [-0.25, -0.2) is 4.98 Å². The Hall–Kier alpha value is -2.63. The quantitative estimate of drug-likeness (QED) is 0.782.